The number of aromatic nitrogens is 1. The van der Waals surface area contributed by atoms with E-state index in [0.717, 1.165) is 55.9 Å². The quantitative estimate of drug-likeness (QED) is 0.361. The third-order valence-corrected chi connectivity index (χ3v) is 7.02. The molecule has 0 aliphatic carbocycles. The van der Waals surface area contributed by atoms with Gasteiger partial charge in [0.1, 0.15) is 28.3 Å². The van der Waals surface area contributed by atoms with Gasteiger partial charge in [-0.05, 0) is 80.4 Å². The Bertz CT molecular complexity index is 1130. The normalized spacial score (nSPS) is 16.4. The van der Waals surface area contributed by atoms with Crippen LogP contribution in [-0.4, -0.2) is 46.5 Å². The monoisotopic (exact) mass is 480 g/mol. The van der Waals surface area contributed by atoms with Crippen molar-refractivity contribution in [2.45, 2.75) is 45.6 Å². The zero-order chi connectivity index (χ0) is 24.1. The van der Waals surface area contributed by atoms with Crippen LogP contribution in [0, 0.1) is 0 Å². The van der Waals surface area contributed by atoms with Gasteiger partial charge in [0.15, 0.2) is 5.13 Å². The van der Waals surface area contributed by atoms with E-state index in [4.69, 9.17) is 10.5 Å². The van der Waals surface area contributed by atoms with Gasteiger partial charge in [-0.15, -0.1) is 0 Å². The van der Waals surface area contributed by atoms with E-state index in [1.807, 2.05) is 31.2 Å². The molecule has 1 aromatic heterocycles. The number of ether oxygens (including phenoxy) is 1. The number of thiazole rings is 1. The predicted octanol–water partition coefficient (Wildman–Crippen LogP) is 5.22. The first kappa shape index (κ1) is 24.0. The number of aromatic hydroxyl groups is 1. The molecule has 1 atom stereocenters. The van der Waals surface area contributed by atoms with Gasteiger partial charge in [0, 0.05) is 17.8 Å². The molecule has 1 aliphatic rings. The number of piperidine rings is 1. The molecule has 0 spiro atoms. The minimum Gasteiger partial charge on any atom is -0.508 e. The van der Waals surface area contributed by atoms with Crippen LogP contribution in [0.5, 0.6) is 11.5 Å². The zero-order valence-electron chi connectivity index (χ0n) is 19.7. The predicted molar refractivity (Wildman–Crippen MR) is 138 cm³/mol. The lowest BCUT2D eigenvalue weighted by Crippen LogP contribution is -2.40. The van der Waals surface area contributed by atoms with Crippen LogP contribution in [0.4, 0.5) is 16.6 Å². The lowest BCUT2D eigenvalue weighted by atomic mass is 10.0. The molecule has 7 nitrogen and oxygen atoms in total. The summed E-state index contributed by atoms with van der Waals surface area (Å²) in [4.78, 5) is 20.2. The SMILES string of the molecule is CCCc1cc(C(=O)c2sc(Nc3ccc(OC4CCCN(CC)C4)cc3)nc2N)ccc1O. The summed E-state index contributed by atoms with van der Waals surface area (Å²) in [6.45, 7) is 7.37. The maximum Gasteiger partial charge on any atom is 0.206 e. The first-order chi connectivity index (χ1) is 16.5. The summed E-state index contributed by atoms with van der Waals surface area (Å²) in [6.07, 6.45) is 4.04. The van der Waals surface area contributed by atoms with Crippen LogP contribution in [0.3, 0.4) is 0 Å². The van der Waals surface area contributed by atoms with E-state index in [1.54, 1.807) is 18.2 Å². The highest BCUT2D eigenvalue weighted by atomic mass is 32.1. The number of anilines is 3. The van der Waals surface area contributed by atoms with Gasteiger partial charge in [0.2, 0.25) is 5.78 Å². The fraction of sp³-hybridized carbons (Fsp3) is 0.385. The molecule has 2 heterocycles. The molecule has 1 aliphatic heterocycles. The van der Waals surface area contributed by atoms with E-state index < -0.39 is 0 Å². The molecule has 0 saturated carbocycles. The average molecular weight is 481 g/mol. The van der Waals surface area contributed by atoms with Crippen molar-refractivity contribution in [2.75, 3.05) is 30.7 Å². The molecule has 4 rings (SSSR count). The highest BCUT2D eigenvalue weighted by Gasteiger charge is 2.21. The van der Waals surface area contributed by atoms with E-state index in [-0.39, 0.29) is 23.5 Å². The smallest absolute Gasteiger partial charge is 0.206 e. The number of nitrogen functional groups attached to an aromatic ring is 1. The summed E-state index contributed by atoms with van der Waals surface area (Å²) in [5.41, 5.74) is 8.17. The largest absolute Gasteiger partial charge is 0.508 e. The molecule has 1 saturated heterocycles. The van der Waals surface area contributed by atoms with E-state index in [0.29, 0.717) is 22.0 Å². The molecule has 3 aromatic rings. The van der Waals surface area contributed by atoms with E-state index in [1.165, 1.54) is 11.3 Å². The maximum atomic E-state index is 13.0. The van der Waals surface area contributed by atoms with Crippen molar-refractivity contribution in [1.82, 2.24) is 9.88 Å². The molecule has 1 unspecified atom stereocenters. The number of rotatable bonds is 9. The van der Waals surface area contributed by atoms with Gasteiger partial charge in [0.25, 0.3) is 0 Å². The van der Waals surface area contributed by atoms with Gasteiger partial charge < -0.3 is 20.9 Å². The Morgan fingerprint density at radius 3 is 2.79 bits per heavy atom. The number of benzene rings is 2. The Balaban J connectivity index is 1.42. The van der Waals surface area contributed by atoms with E-state index in [2.05, 4.69) is 22.1 Å². The van der Waals surface area contributed by atoms with Crippen molar-refractivity contribution in [1.29, 1.82) is 0 Å². The second kappa shape index (κ2) is 10.9. The van der Waals surface area contributed by atoms with Crippen LogP contribution in [0.25, 0.3) is 0 Å². The topological polar surface area (TPSA) is 101 Å². The first-order valence-corrected chi connectivity index (χ1v) is 12.7. The summed E-state index contributed by atoms with van der Waals surface area (Å²) in [6, 6.07) is 12.7. The number of carbonyl (C=O) groups excluding carboxylic acids is 1. The first-order valence-electron chi connectivity index (χ1n) is 11.9. The Labute approximate surface area is 204 Å². The number of ketones is 1. The second-order valence-electron chi connectivity index (χ2n) is 8.58. The summed E-state index contributed by atoms with van der Waals surface area (Å²) in [5.74, 6) is 1.05. The number of likely N-dealkylation sites (N-methyl/N-ethyl adjacent to an activating group) is 1. The number of nitrogens with two attached hydrogens (primary N) is 1. The number of likely N-dealkylation sites (tertiary alicyclic amines) is 1. The lowest BCUT2D eigenvalue weighted by molar-refractivity contribution is 0.0920. The fourth-order valence-corrected chi connectivity index (χ4v) is 5.07. The van der Waals surface area contributed by atoms with Crippen molar-refractivity contribution in [3.8, 4) is 11.5 Å². The molecule has 0 amide bonds. The van der Waals surface area contributed by atoms with Crippen molar-refractivity contribution in [3.63, 3.8) is 0 Å². The molecular formula is C26H32N4O3S. The number of hydrogen-bond acceptors (Lipinski definition) is 8. The Morgan fingerprint density at radius 2 is 2.06 bits per heavy atom. The molecule has 2 aromatic carbocycles. The Kier molecular flexibility index (Phi) is 7.70. The van der Waals surface area contributed by atoms with Crippen LogP contribution >= 0.6 is 11.3 Å². The Morgan fingerprint density at radius 1 is 1.26 bits per heavy atom. The summed E-state index contributed by atoms with van der Waals surface area (Å²) in [5, 5.41) is 13.8. The van der Waals surface area contributed by atoms with Gasteiger partial charge in [-0.1, -0.05) is 31.6 Å². The van der Waals surface area contributed by atoms with E-state index >= 15 is 0 Å². The minimum atomic E-state index is -0.197. The Hall–Kier alpha value is -3.10. The zero-order valence-corrected chi connectivity index (χ0v) is 20.5. The van der Waals surface area contributed by atoms with Crippen molar-refractivity contribution < 1.29 is 14.6 Å². The van der Waals surface area contributed by atoms with Gasteiger partial charge in [-0.25, -0.2) is 4.98 Å². The highest BCUT2D eigenvalue weighted by molar-refractivity contribution is 7.18. The maximum absolute atomic E-state index is 13.0. The molecule has 0 bridgehead atoms. The number of nitrogens with one attached hydrogen (secondary N) is 1. The van der Waals surface area contributed by atoms with Gasteiger partial charge in [-0.2, -0.15) is 0 Å². The number of phenolic OH excluding ortho intramolecular Hbond substituents is 1. The second-order valence-corrected chi connectivity index (χ2v) is 9.58. The minimum absolute atomic E-state index is 0.195. The number of carbonyl (C=O) groups is 1. The van der Waals surface area contributed by atoms with Crippen LogP contribution in [0.15, 0.2) is 42.5 Å². The molecule has 180 valence electrons. The van der Waals surface area contributed by atoms with Crippen LogP contribution in [0.1, 0.15) is 53.9 Å². The van der Waals surface area contributed by atoms with Gasteiger partial charge >= 0.3 is 0 Å². The van der Waals surface area contributed by atoms with Crippen molar-refractivity contribution in [3.05, 3.63) is 58.5 Å². The molecule has 4 N–H and O–H groups in total. The number of nitrogens with zero attached hydrogens (tertiary/aromatic N) is 2. The highest BCUT2D eigenvalue weighted by Crippen LogP contribution is 2.31. The summed E-state index contributed by atoms with van der Waals surface area (Å²) < 4.78 is 6.17. The standard InChI is InChI=1S/C26H32N4O3S/c1-3-6-17-15-18(8-13-22(17)31)23(32)24-25(27)29-26(34-24)28-19-9-11-20(12-10-19)33-21-7-5-14-30(4-2)16-21/h8-13,15,21,31H,3-7,14,16,27H2,1-2H3,(H,28,29). The number of aryl methyl sites for hydroxylation is 1. The fourth-order valence-electron chi connectivity index (χ4n) is 4.20. The van der Waals surface area contributed by atoms with Crippen molar-refractivity contribution >= 4 is 33.8 Å². The van der Waals surface area contributed by atoms with E-state index in [9.17, 15) is 9.90 Å². The van der Waals surface area contributed by atoms with Crippen LogP contribution < -0.4 is 15.8 Å². The third kappa shape index (κ3) is 5.69. The third-order valence-electron chi connectivity index (χ3n) is 6.04. The number of phenols is 1. The average Bonchev–Trinajstić information content (AvgIpc) is 3.21. The van der Waals surface area contributed by atoms with Gasteiger partial charge in [-0.3, -0.25) is 9.69 Å². The molecular weight excluding hydrogens is 448 g/mol. The summed E-state index contributed by atoms with van der Waals surface area (Å²) in [7, 11) is 0. The van der Waals surface area contributed by atoms with Crippen LogP contribution in [-0.2, 0) is 6.42 Å². The summed E-state index contributed by atoms with van der Waals surface area (Å²) >= 11 is 1.22. The van der Waals surface area contributed by atoms with Gasteiger partial charge in [0.05, 0.1) is 0 Å². The van der Waals surface area contributed by atoms with Crippen LogP contribution in [0.2, 0.25) is 0 Å². The molecule has 0 radical (unpaired) electrons. The molecule has 8 heteroatoms. The van der Waals surface area contributed by atoms with Crippen molar-refractivity contribution in [2.24, 2.45) is 0 Å². The lowest BCUT2D eigenvalue weighted by Gasteiger charge is -2.32. The molecule has 1 fully saturated rings. The molecule has 34 heavy (non-hydrogen) atoms. The number of hydrogen-bond donors (Lipinski definition) is 3.